The van der Waals surface area contributed by atoms with Crippen molar-refractivity contribution in [2.45, 2.75) is 26.2 Å². The minimum Gasteiger partial charge on any atom is -0.286 e. The first-order valence-corrected chi connectivity index (χ1v) is 7.61. The summed E-state index contributed by atoms with van der Waals surface area (Å²) in [6.07, 6.45) is 0.319. The molecule has 3 nitrogen and oxygen atoms in total. The molecule has 0 atom stereocenters. The van der Waals surface area contributed by atoms with Crippen LogP contribution in [0, 0.1) is 17.1 Å². The smallest absolute Gasteiger partial charge is 0.194 e. The molecule has 3 aromatic rings. The van der Waals surface area contributed by atoms with Gasteiger partial charge in [0.15, 0.2) is 4.96 Å². The van der Waals surface area contributed by atoms with Crippen molar-refractivity contribution in [3.63, 3.8) is 0 Å². The van der Waals surface area contributed by atoms with Crippen LogP contribution in [0.5, 0.6) is 0 Å². The van der Waals surface area contributed by atoms with E-state index in [2.05, 4.69) is 24.9 Å². The van der Waals surface area contributed by atoms with Gasteiger partial charge in [0, 0.05) is 5.38 Å². The maximum atomic E-state index is 13.1. The van der Waals surface area contributed by atoms with Gasteiger partial charge in [0.05, 0.1) is 29.6 Å². The van der Waals surface area contributed by atoms with Crippen molar-refractivity contribution in [2.75, 3.05) is 0 Å². The number of nitriles is 1. The molecule has 0 saturated carbocycles. The molecule has 0 bridgehead atoms. The Bertz CT molecular complexity index is 822. The Hall–Kier alpha value is -2.19. The number of hydrogen-bond donors (Lipinski definition) is 0. The zero-order chi connectivity index (χ0) is 15.0. The predicted molar refractivity (Wildman–Crippen MR) is 81.9 cm³/mol. The molecule has 0 spiro atoms. The van der Waals surface area contributed by atoms with Crippen LogP contribution < -0.4 is 0 Å². The Morgan fingerprint density at radius 3 is 2.67 bits per heavy atom. The van der Waals surface area contributed by atoms with E-state index < -0.39 is 0 Å². The number of fused-ring (bicyclic) bond motifs is 1. The van der Waals surface area contributed by atoms with Crippen LogP contribution in [0.25, 0.3) is 16.2 Å². The zero-order valence-electron chi connectivity index (χ0n) is 11.8. The molecular formula is C16H14FN3S. The Kier molecular flexibility index (Phi) is 3.48. The molecule has 106 valence electrons. The van der Waals surface area contributed by atoms with E-state index in [1.165, 1.54) is 23.5 Å². The third-order valence-corrected chi connectivity index (χ3v) is 4.25. The monoisotopic (exact) mass is 299 g/mol. The van der Waals surface area contributed by atoms with E-state index in [1.54, 1.807) is 12.1 Å². The van der Waals surface area contributed by atoms with Gasteiger partial charge in [-0.3, -0.25) is 4.40 Å². The van der Waals surface area contributed by atoms with Gasteiger partial charge in [-0.05, 0) is 35.7 Å². The van der Waals surface area contributed by atoms with E-state index in [-0.39, 0.29) is 11.7 Å². The second-order valence-corrected chi connectivity index (χ2v) is 6.02. The number of nitrogens with zero attached hydrogens (tertiary/aromatic N) is 3. The van der Waals surface area contributed by atoms with Crippen LogP contribution in [-0.2, 0) is 6.42 Å². The highest BCUT2D eigenvalue weighted by molar-refractivity contribution is 7.15. The topological polar surface area (TPSA) is 41.1 Å². The molecule has 0 aliphatic heterocycles. The van der Waals surface area contributed by atoms with Crippen molar-refractivity contribution in [3.8, 4) is 17.3 Å². The van der Waals surface area contributed by atoms with E-state index in [4.69, 9.17) is 5.26 Å². The lowest BCUT2D eigenvalue weighted by molar-refractivity contribution is 0.628. The summed E-state index contributed by atoms with van der Waals surface area (Å²) in [5, 5.41) is 11.1. The first kappa shape index (κ1) is 13.8. The number of halogens is 1. The van der Waals surface area contributed by atoms with Crippen LogP contribution >= 0.6 is 11.3 Å². The van der Waals surface area contributed by atoms with Gasteiger partial charge in [-0.15, -0.1) is 11.3 Å². The van der Waals surface area contributed by atoms with Crippen molar-refractivity contribution < 1.29 is 4.39 Å². The Balaban J connectivity index is 2.25. The first-order chi connectivity index (χ1) is 10.1. The molecule has 5 heteroatoms. The van der Waals surface area contributed by atoms with Crippen LogP contribution in [0.15, 0.2) is 29.6 Å². The minimum absolute atomic E-state index is 0.254. The molecule has 0 unspecified atom stereocenters. The molecule has 0 saturated heterocycles. The maximum Gasteiger partial charge on any atom is 0.194 e. The zero-order valence-corrected chi connectivity index (χ0v) is 12.6. The maximum absolute atomic E-state index is 13.1. The Morgan fingerprint density at radius 1 is 1.33 bits per heavy atom. The van der Waals surface area contributed by atoms with Crippen LogP contribution in [0.4, 0.5) is 4.39 Å². The van der Waals surface area contributed by atoms with Gasteiger partial charge in [0.2, 0.25) is 0 Å². The van der Waals surface area contributed by atoms with Gasteiger partial charge >= 0.3 is 0 Å². The van der Waals surface area contributed by atoms with Crippen LogP contribution in [0.1, 0.15) is 31.2 Å². The number of imidazole rings is 1. The summed E-state index contributed by atoms with van der Waals surface area (Å²) in [6.45, 7) is 4.15. The number of thiazole rings is 1. The number of benzene rings is 1. The largest absolute Gasteiger partial charge is 0.286 e. The van der Waals surface area contributed by atoms with Crippen LogP contribution in [0.2, 0.25) is 0 Å². The molecule has 21 heavy (non-hydrogen) atoms. The molecule has 0 amide bonds. The molecule has 0 radical (unpaired) electrons. The minimum atomic E-state index is -0.254. The highest BCUT2D eigenvalue weighted by atomic mass is 32.1. The van der Waals surface area contributed by atoms with Crippen LogP contribution in [-0.4, -0.2) is 9.38 Å². The number of hydrogen-bond acceptors (Lipinski definition) is 3. The summed E-state index contributed by atoms with van der Waals surface area (Å²) in [7, 11) is 0. The predicted octanol–water partition coefficient (Wildman–Crippen LogP) is 4.39. The molecule has 0 N–H and O–H groups in total. The molecule has 0 aliphatic carbocycles. The lowest BCUT2D eigenvalue weighted by atomic mass is 10.1. The summed E-state index contributed by atoms with van der Waals surface area (Å²) < 4.78 is 15.1. The summed E-state index contributed by atoms with van der Waals surface area (Å²) in [4.78, 5) is 5.53. The fourth-order valence-corrected chi connectivity index (χ4v) is 3.38. The van der Waals surface area contributed by atoms with E-state index in [1.807, 2.05) is 9.78 Å². The highest BCUT2D eigenvalue weighted by Gasteiger charge is 2.19. The molecule has 2 heterocycles. The molecule has 0 aliphatic rings. The summed E-state index contributed by atoms with van der Waals surface area (Å²) in [6, 6.07) is 8.62. The quantitative estimate of drug-likeness (QED) is 0.719. The summed E-state index contributed by atoms with van der Waals surface area (Å²) in [5.41, 5.74) is 3.78. The third kappa shape index (κ3) is 2.32. The van der Waals surface area contributed by atoms with Gasteiger partial charge in [0.1, 0.15) is 5.82 Å². The standard InChI is InChI=1S/C16H14FN3S/c1-10(2)15-13(7-8-18)20-14(9-21-16(20)19-15)11-3-5-12(17)6-4-11/h3-6,9-10H,7H2,1-2H3. The third-order valence-electron chi connectivity index (χ3n) is 3.42. The van der Waals surface area contributed by atoms with E-state index in [9.17, 15) is 4.39 Å². The molecule has 1 aromatic carbocycles. The Labute approximate surface area is 126 Å². The first-order valence-electron chi connectivity index (χ1n) is 6.73. The number of rotatable bonds is 3. The van der Waals surface area contributed by atoms with E-state index >= 15 is 0 Å². The van der Waals surface area contributed by atoms with Crippen molar-refractivity contribution >= 4 is 16.3 Å². The fourth-order valence-electron chi connectivity index (χ4n) is 2.46. The van der Waals surface area contributed by atoms with Gasteiger partial charge < -0.3 is 0 Å². The van der Waals surface area contributed by atoms with E-state index in [0.29, 0.717) is 6.42 Å². The second kappa shape index (κ2) is 5.30. The number of aromatic nitrogens is 2. The molecule has 3 rings (SSSR count). The van der Waals surface area contributed by atoms with Crippen molar-refractivity contribution in [2.24, 2.45) is 0 Å². The lowest BCUT2D eigenvalue weighted by Gasteiger charge is -2.06. The lowest BCUT2D eigenvalue weighted by Crippen LogP contribution is -1.99. The summed E-state index contributed by atoms with van der Waals surface area (Å²) in [5.74, 6) is 0.0116. The van der Waals surface area contributed by atoms with Gasteiger partial charge in [-0.25, -0.2) is 9.37 Å². The average molecular weight is 299 g/mol. The van der Waals surface area contributed by atoms with Crippen molar-refractivity contribution in [1.82, 2.24) is 9.38 Å². The van der Waals surface area contributed by atoms with Crippen molar-refractivity contribution in [1.29, 1.82) is 5.26 Å². The normalized spacial score (nSPS) is 11.2. The highest BCUT2D eigenvalue weighted by Crippen LogP contribution is 2.31. The van der Waals surface area contributed by atoms with Crippen molar-refractivity contribution in [3.05, 3.63) is 46.9 Å². The molecule has 2 aromatic heterocycles. The molecular weight excluding hydrogens is 285 g/mol. The second-order valence-electron chi connectivity index (χ2n) is 5.18. The van der Waals surface area contributed by atoms with Gasteiger partial charge in [0.25, 0.3) is 0 Å². The fraction of sp³-hybridized carbons (Fsp3) is 0.250. The van der Waals surface area contributed by atoms with Crippen LogP contribution in [0.3, 0.4) is 0 Å². The van der Waals surface area contributed by atoms with Gasteiger partial charge in [-0.2, -0.15) is 5.26 Å². The summed E-state index contributed by atoms with van der Waals surface area (Å²) >= 11 is 1.54. The average Bonchev–Trinajstić information content (AvgIpc) is 3.01. The van der Waals surface area contributed by atoms with E-state index in [0.717, 1.165) is 27.6 Å². The SMILES string of the molecule is CC(C)c1nc2scc(-c3ccc(F)cc3)n2c1CC#N. The molecule has 0 fully saturated rings. The Morgan fingerprint density at radius 2 is 2.05 bits per heavy atom. The van der Waals surface area contributed by atoms with Gasteiger partial charge in [-0.1, -0.05) is 13.8 Å².